The number of carbonyl (C=O) groups excluding carboxylic acids is 1. The molecule has 2 aliphatic rings. The Balaban J connectivity index is 1.32. The topological polar surface area (TPSA) is 70.6 Å². The molecule has 7 heteroatoms. The van der Waals surface area contributed by atoms with E-state index in [1.165, 1.54) is 0 Å². The largest absolute Gasteiger partial charge is 0.368 e. The van der Waals surface area contributed by atoms with Crippen LogP contribution in [0.1, 0.15) is 12.8 Å². The van der Waals surface area contributed by atoms with Crippen molar-refractivity contribution in [3.8, 4) is 0 Å². The van der Waals surface area contributed by atoms with Gasteiger partial charge in [-0.05, 0) is 37.1 Å². The summed E-state index contributed by atoms with van der Waals surface area (Å²) in [6.07, 6.45) is 5.03. The summed E-state index contributed by atoms with van der Waals surface area (Å²) in [4.78, 5) is 25.5. The number of nitrogens with one attached hydrogen (secondary N) is 1. The lowest BCUT2D eigenvalue weighted by molar-refractivity contribution is -0.124. The van der Waals surface area contributed by atoms with Gasteiger partial charge in [0.1, 0.15) is 17.7 Å². The minimum Gasteiger partial charge on any atom is -0.368 e. The van der Waals surface area contributed by atoms with E-state index in [2.05, 4.69) is 25.1 Å². The molecule has 2 aromatic heterocycles. The van der Waals surface area contributed by atoms with Gasteiger partial charge in [0, 0.05) is 39.0 Å². The second-order valence-corrected chi connectivity index (χ2v) is 6.55. The van der Waals surface area contributed by atoms with E-state index in [4.69, 9.17) is 4.74 Å². The zero-order valence-electron chi connectivity index (χ0n) is 14.7. The molecule has 1 unspecified atom stereocenters. The van der Waals surface area contributed by atoms with Crippen molar-refractivity contribution in [2.75, 3.05) is 47.9 Å². The summed E-state index contributed by atoms with van der Waals surface area (Å²) in [5.41, 5.74) is 1.07. The number of piperazine rings is 1. The van der Waals surface area contributed by atoms with Gasteiger partial charge in [-0.15, -0.1) is 0 Å². The van der Waals surface area contributed by atoms with Gasteiger partial charge in [0.2, 0.25) is 0 Å². The molecule has 4 heterocycles. The van der Waals surface area contributed by atoms with Crippen LogP contribution in [0, 0.1) is 0 Å². The molecule has 0 aliphatic carbocycles. The Morgan fingerprint density at radius 1 is 1.08 bits per heavy atom. The molecular weight excluding hydrogens is 330 g/mol. The first-order chi connectivity index (χ1) is 12.8. The first-order valence-electron chi connectivity index (χ1n) is 9.09. The smallest absolute Gasteiger partial charge is 0.254 e. The van der Waals surface area contributed by atoms with Crippen LogP contribution in [0.2, 0.25) is 0 Å². The maximum absolute atomic E-state index is 12.1. The molecule has 1 atom stereocenters. The van der Waals surface area contributed by atoms with E-state index < -0.39 is 0 Å². The number of rotatable bonds is 4. The van der Waals surface area contributed by atoms with Gasteiger partial charge in [-0.3, -0.25) is 4.79 Å². The maximum Gasteiger partial charge on any atom is 0.254 e. The second kappa shape index (κ2) is 7.70. The Hall–Kier alpha value is -2.67. The second-order valence-electron chi connectivity index (χ2n) is 6.55. The Morgan fingerprint density at radius 2 is 1.92 bits per heavy atom. The molecule has 2 fully saturated rings. The summed E-state index contributed by atoms with van der Waals surface area (Å²) < 4.78 is 5.39. The molecular formula is C19H23N5O2. The molecule has 0 aromatic carbocycles. The molecule has 2 saturated heterocycles. The molecule has 0 saturated carbocycles. The number of nitrogens with zero attached hydrogens (tertiary/aromatic N) is 4. The van der Waals surface area contributed by atoms with Crippen molar-refractivity contribution in [1.82, 2.24) is 9.97 Å². The summed E-state index contributed by atoms with van der Waals surface area (Å²) in [6, 6.07) is 9.86. The minimum absolute atomic E-state index is 0.105. The van der Waals surface area contributed by atoms with Crippen LogP contribution >= 0.6 is 0 Å². The number of carbonyl (C=O) groups is 1. The van der Waals surface area contributed by atoms with Crippen molar-refractivity contribution in [1.29, 1.82) is 0 Å². The molecule has 4 rings (SSSR count). The normalized spacial score (nSPS) is 20.2. The van der Waals surface area contributed by atoms with Gasteiger partial charge in [0.15, 0.2) is 0 Å². The van der Waals surface area contributed by atoms with Crippen molar-refractivity contribution in [2.45, 2.75) is 18.9 Å². The standard InChI is InChI=1S/C19H23N5O2/c25-19(16-4-3-13-26-16)22-17-7-6-15(14-21-17)23-9-11-24(12-10-23)18-5-1-2-8-20-18/h1-2,5-8,14,16H,3-4,9-13H2,(H,21,22,25). The number of aromatic nitrogens is 2. The number of ether oxygens (including phenoxy) is 1. The van der Waals surface area contributed by atoms with Crippen LogP contribution in [0.4, 0.5) is 17.3 Å². The average Bonchev–Trinajstić information content (AvgIpc) is 3.25. The Morgan fingerprint density at radius 3 is 2.58 bits per heavy atom. The van der Waals surface area contributed by atoms with E-state index in [1.54, 1.807) is 0 Å². The highest BCUT2D eigenvalue weighted by Gasteiger charge is 2.24. The fraction of sp³-hybridized carbons (Fsp3) is 0.421. The fourth-order valence-corrected chi connectivity index (χ4v) is 3.37. The van der Waals surface area contributed by atoms with Crippen LogP contribution in [0.25, 0.3) is 0 Å². The molecule has 0 spiro atoms. The molecule has 2 aliphatic heterocycles. The predicted octanol–water partition coefficient (Wildman–Crippen LogP) is 1.92. The number of pyridine rings is 2. The molecule has 0 bridgehead atoms. The Labute approximate surface area is 153 Å². The lowest BCUT2D eigenvalue weighted by Gasteiger charge is -2.36. The number of hydrogen-bond acceptors (Lipinski definition) is 6. The highest BCUT2D eigenvalue weighted by Crippen LogP contribution is 2.20. The summed E-state index contributed by atoms with van der Waals surface area (Å²) in [5, 5.41) is 2.83. The summed E-state index contributed by atoms with van der Waals surface area (Å²) in [7, 11) is 0. The zero-order valence-corrected chi connectivity index (χ0v) is 14.7. The van der Waals surface area contributed by atoms with Gasteiger partial charge in [0.05, 0.1) is 11.9 Å². The third kappa shape index (κ3) is 3.77. The highest BCUT2D eigenvalue weighted by molar-refractivity contribution is 5.93. The summed E-state index contributed by atoms with van der Waals surface area (Å²) >= 11 is 0. The van der Waals surface area contributed by atoms with Crippen molar-refractivity contribution in [3.63, 3.8) is 0 Å². The third-order valence-electron chi connectivity index (χ3n) is 4.84. The van der Waals surface area contributed by atoms with Gasteiger partial charge in [-0.1, -0.05) is 6.07 Å². The average molecular weight is 353 g/mol. The number of hydrogen-bond donors (Lipinski definition) is 1. The first-order valence-corrected chi connectivity index (χ1v) is 9.09. The Bertz CT molecular complexity index is 723. The van der Waals surface area contributed by atoms with Crippen molar-refractivity contribution in [3.05, 3.63) is 42.7 Å². The molecule has 26 heavy (non-hydrogen) atoms. The van der Waals surface area contributed by atoms with Gasteiger partial charge in [-0.25, -0.2) is 9.97 Å². The lowest BCUT2D eigenvalue weighted by Crippen LogP contribution is -2.46. The van der Waals surface area contributed by atoms with Gasteiger partial charge < -0.3 is 19.9 Å². The van der Waals surface area contributed by atoms with Crippen molar-refractivity contribution < 1.29 is 9.53 Å². The van der Waals surface area contributed by atoms with Crippen LogP contribution in [-0.2, 0) is 9.53 Å². The number of amides is 1. The van der Waals surface area contributed by atoms with E-state index >= 15 is 0 Å². The zero-order chi connectivity index (χ0) is 17.8. The maximum atomic E-state index is 12.1. The van der Waals surface area contributed by atoms with E-state index in [-0.39, 0.29) is 12.0 Å². The molecule has 1 N–H and O–H groups in total. The van der Waals surface area contributed by atoms with Gasteiger partial charge >= 0.3 is 0 Å². The van der Waals surface area contributed by atoms with E-state index in [0.29, 0.717) is 12.4 Å². The fourth-order valence-electron chi connectivity index (χ4n) is 3.37. The molecule has 0 radical (unpaired) electrons. The molecule has 1 amide bonds. The summed E-state index contributed by atoms with van der Waals surface area (Å²) in [5.74, 6) is 1.49. The minimum atomic E-state index is -0.337. The monoisotopic (exact) mass is 353 g/mol. The van der Waals surface area contributed by atoms with E-state index in [1.807, 2.05) is 42.7 Å². The van der Waals surface area contributed by atoms with Crippen LogP contribution in [0.5, 0.6) is 0 Å². The van der Waals surface area contributed by atoms with Crippen LogP contribution < -0.4 is 15.1 Å². The van der Waals surface area contributed by atoms with Crippen molar-refractivity contribution >= 4 is 23.2 Å². The van der Waals surface area contributed by atoms with E-state index in [0.717, 1.165) is 50.5 Å². The summed E-state index contributed by atoms with van der Waals surface area (Å²) in [6.45, 7) is 4.34. The number of anilines is 3. The highest BCUT2D eigenvalue weighted by atomic mass is 16.5. The lowest BCUT2D eigenvalue weighted by atomic mass is 10.2. The van der Waals surface area contributed by atoms with Crippen LogP contribution in [-0.4, -0.2) is 54.8 Å². The quantitative estimate of drug-likeness (QED) is 0.906. The van der Waals surface area contributed by atoms with Crippen molar-refractivity contribution in [2.24, 2.45) is 0 Å². The van der Waals surface area contributed by atoms with Crippen LogP contribution in [0.3, 0.4) is 0 Å². The third-order valence-corrected chi connectivity index (χ3v) is 4.84. The Kier molecular flexibility index (Phi) is 4.97. The molecule has 136 valence electrons. The van der Waals surface area contributed by atoms with Crippen LogP contribution in [0.15, 0.2) is 42.7 Å². The molecule has 7 nitrogen and oxygen atoms in total. The SMILES string of the molecule is O=C(Nc1ccc(N2CCN(c3ccccn3)CC2)cn1)C1CCCO1. The van der Waals surface area contributed by atoms with Gasteiger partial charge in [0.25, 0.3) is 5.91 Å². The van der Waals surface area contributed by atoms with E-state index in [9.17, 15) is 4.79 Å². The first kappa shape index (κ1) is 16.8. The van der Waals surface area contributed by atoms with Gasteiger partial charge in [-0.2, -0.15) is 0 Å². The predicted molar refractivity (Wildman–Crippen MR) is 101 cm³/mol. The molecule has 2 aromatic rings.